The standard InChI is InChI=1S/C14H22ClNO/c1-4-16-13(10-17-11(2)3)9-12-7-5-6-8-14(12)15/h5-8,11,13,16H,4,9-10H2,1-3H3. The van der Waals surface area contributed by atoms with Gasteiger partial charge in [0, 0.05) is 11.1 Å². The second-order valence-electron chi connectivity index (χ2n) is 4.43. The minimum Gasteiger partial charge on any atom is -0.377 e. The monoisotopic (exact) mass is 255 g/mol. The Kier molecular flexibility index (Phi) is 6.56. The summed E-state index contributed by atoms with van der Waals surface area (Å²) in [5, 5.41) is 4.26. The molecule has 0 aromatic heterocycles. The van der Waals surface area contributed by atoms with Crippen LogP contribution in [0.2, 0.25) is 5.02 Å². The average molecular weight is 256 g/mol. The van der Waals surface area contributed by atoms with E-state index in [-0.39, 0.29) is 6.10 Å². The molecule has 0 aliphatic rings. The predicted octanol–water partition coefficient (Wildman–Crippen LogP) is 3.29. The number of hydrogen-bond acceptors (Lipinski definition) is 2. The number of likely N-dealkylation sites (N-methyl/N-ethyl adjacent to an activating group) is 1. The molecule has 0 radical (unpaired) electrons. The molecule has 17 heavy (non-hydrogen) atoms. The Balaban J connectivity index is 2.56. The molecule has 1 aromatic rings. The van der Waals surface area contributed by atoms with E-state index in [0.29, 0.717) is 6.04 Å². The van der Waals surface area contributed by atoms with Crippen LogP contribution in [0.25, 0.3) is 0 Å². The van der Waals surface area contributed by atoms with Gasteiger partial charge in [-0.2, -0.15) is 0 Å². The summed E-state index contributed by atoms with van der Waals surface area (Å²) < 4.78 is 5.66. The van der Waals surface area contributed by atoms with Crippen molar-refractivity contribution in [2.45, 2.75) is 39.3 Å². The Morgan fingerprint density at radius 2 is 2.00 bits per heavy atom. The summed E-state index contributed by atoms with van der Waals surface area (Å²) in [5.41, 5.74) is 1.17. The molecule has 0 fully saturated rings. The molecule has 96 valence electrons. The lowest BCUT2D eigenvalue weighted by Crippen LogP contribution is -2.36. The third-order valence-electron chi connectivity index (χ3n) is 2.55. The molecule has 0 amide bonds. The van der Waals surface area contributed by atoms with Gasteiger partial charge < -0.3 is 10.1 Å². The van der Waals surface area contributed by atoms with Crippen molar-refractivity contribution >= 4 is 11.6 Å². The van der Waals surface area contributed by atoms with E-state index in [9.17, 15) is 0 Å². The molecule has 0 saturated carbocycles. The van der Waals surface area contributed by atoms with Crippen molar-refractivity contribution in [2.75, 3.05) is 13.2 Å². The fraction of sp³-hybridized carbons (Fsp3) is 0.571. The normalized spacial score (nSPS) is 13.0. The summed E-state index contributed by atoms with van der Waals surface area (Å²) in [6, 6.07) is 8.31. The average Bonchev–Trinajstić information content (AvgIpc) is 2.29. The van der Waals surface area contributed by atoms with Crippen LogP contribution < -0.4 is 5.32 Å². The van der Waals surface area contributed by atoms with Gasteiger partial charge in [-0.1, -0.05) is 36.7 Å². The molecule has 1 unspecified atom stereocenters. The maximum absolute atomic E-state index is 6.16. The molecule has 2 nitrogen and oxygen atoms in total. The van der Waals surface area contributed by atoms with Crippen molar-refractivity contribution in [3.63, 3.8) is 0 Å². The molecule has 0 heterocycles. The van der Waals surface area contributed by atoms with E-state index in [1.807, 2.05) is 18.2 Å². The molecule has 1 aromatic carbocycles. The van der Waals surface area contributed by atoms with Gasteiger partial charge in [-0.3, -0.25) is 0 Å². The minimum atomic E-state index is 0.266. The zero-order valence-electron chi connectivity index (χ0n) is 10.9. The van der Waals surface area contributed by atoms with Gasteiger partial charge >= 0.3 is 0 Å². The van der Waals surface area contributed by atoms with Gasteiger partial charge in [-0.05, 0) is 38.4 Å². The lowest BCUT2D eigenvalue weighted by Gasteiger charge is -2.20. The van der Waals surface area contributed by atoms with Crippen molar-refractivity contribution < 1.29 is 4.74 Å². The van der Waals surface area contributed by atoms with Crippen LogP contribution in [0.3, 0.4) is 0 Å². The molecule has 3 heteroatoms. The fourth-order valence-corrected chi connectivity index (χ4v) is 1.93. The van der Waals surface area contributed by atoms with Crippen LogP contribution in [0.15, 0.2) is 24.3 Å². The topological polar surface area (TPSA) is 21.3 Å². The van der Waals surface area contributed by atoms with Gasteiger partial charge in [0.1, 0.15) is 0 Å². The Morgan fingerprint density at radius 3 is 2.59 bits per heavy atom. The number of nitrogens with one attached hydrogen (secondary N) is 1. The van der Waals surface area contributed by atoms with Crippen LogP contribution >= 0.6 is 11.6 Å². The van der Waals surface area contributed by atoms with Gasteiger partial charge in [-0.15, -0.1) is 0 Å². The Hall–Kier alpha value is -0.570. The first-order valence-electron chi connectivity index (χ1n) is 6.21. The lowest BCUT2D eigenvalue weighted by molar-refractivity contribution is 0.0616. The van der Waals surface area contributed by atoms with E-state index >= 15 is 0 Å². The Labute approximate surface area is 109 Å². The summed E-state index contributed by atoms with van der Waals surface area (Å²) >= 11 is 6.16. The SMILES string of the molecule is CCNC(COC(C)C)Cc1ccccc1Cl. The maximum atomic E-state index is 6.16. The fourth-order valence-electron chi connectivity index (χ4n) is 1.72. The van der Waals surface area contributed by atoms with Crippen LogP contribution in [-0.2, 0) is 11.2 Å². The van der Waals surface area contributed by atoms with Crippen LogP contribution in [-0.4, -0.2) is 25.3 Å². The van der Waals surface area contributed by atoms with E-state index in [1.165, 1.54) is 5.56 Å². The highest BCUT2D eigenvalue weighted by Gasteiger charge is 2.11. The Bertz CT molecular complexity index is 328. The molecule has 1 N–H and O–H groups in total. The van der Waals surface area contributed by atoms with Gasteiger partial charge in [0.25, 0.3) is 0 Å². The molecule has 0 spiro atoms. The summed E-state index contributed by atoms with van der Waals surface area (Å²) in [6.45, 7) is 7.87. The highest BCUT2D eigenvalue weighted by Crippen LogP contribution is 2.16. The molecular formula is C14H22ClNO. The number of rotatable bonds is 7. The zero-order valence-corrected chi connectivity index (χ0v) is 11.6. The van der Waals surface area contributed by atoms with E-state index in [0.717, 1.165) is 24.6 Å². The number of halogens is 1. The largest absolute Gasteiger partial charge is 0.377 e. The maximum Gasteiger partial charge on any atom is 0.0626 e. The van der Waals surface area contributed by atoms with E-state index in [4.69, 9.17) is 16.3 Å². The van der Waals surface area contributed by atoms with Gasteiger partial charge in [0.05, 0.1) is 12.7 Å². The van der Waals surface area contributed by atoms with Crippen LogP contribution in [0.4, 0.5) is 0 Å². The highest BCUT2D eigenvalue weighted by molar-refractivity contribution is 6.31. The number of hydrogen-bond donors (Lipinski definition) is 1. The number of benzene rings is 1. The molecule has 1 rings (SSSR count). The van der Waals surface area contributed by atoms with Crippen molar-refractivity contribution in [3.05, 3.63) is 34.9 Å². The van der Waals surface area contributed by atoms with Crippen molar-refractivity contribution in [3.8, 4) is 0 Å². The first-order valence-corrected chi connectivity index (χ1v) is 6.59. The van der Waals surface area contributed by atoms with Crippen molar-refractivity contribution in [2.24, 2.45) is 0 Å². The third kappa shape index (κ3) is 5.53. The summed E-state index contributed by atoms with van der Waals surface area (Å²) in [7, 11) is 0. The van der Waals surface area contributed by atoms with Gasteiger partial charge in [-0.25, -0.2) is 0 Å². The summed E-state index contributed by atoms with van der Waals surface area (Å²) in [6.07, 6.45) is 1.17. The second-order valence-corrected chi connectivity index (χ2v) is 4.84. The summed E-state index contributed by atoms with van der Waals surface area (Å²) in [4.78, 5) is 0. The molecular weight excluding hydrogens is 234 g/mol. The van der Waals surface area contributed by atoms with Gasteiger partial charge in [0.15, 0.2) is 0 Å². The van der Waals surface area contributed by atoms with Crippen molar-refractivity contribution in [1.82, 2.24) is 5.32 Å². The molecule has 0 aliphatic heterocycles. The molecule has 0 aliphatic carbocycles. The smallest absolute Gasteiger partial charge is 0.0626 e. The van der Waals surface area contributed by atoms with Crippen LogP contribution in [0.5, 0.6) is 0 Å². The second kappa shape index (κ2) is 7.70. The molecule has 0 saturated heterocycles. The van der Waals surface area contributed by atoms with Crippen molar-refractivity contribution in [1.29, 1.82) is 0 Å². The predicted molar refractivity (Wildman–Crippen MR) is 73.7 cm³/mol. The van der Waals surface area contributed by atoms with Gasteiger partial charge in [0.2, 0.25) is 0 Å². The lowest BCUT2D eigenvalue weighted by atomic mass is 10.1. The quantitative estimate of drug-likeness (QED) is 0.807. The van der Waals surface area contributed by atoms with E-state index in [2.05, 4.69) is 32.2 Å². The minimum absolute atomic E-state index is 0.266. The summed E-state index contributed by atoms with van der Waals surface area (Å²) in [5.74, 6) is 0. The zero-order chi connectivity index (χ0) is 12.7. The Morgan fingerprint density at radius 1 is 1.29 bits per heavy atom. The van der Waals surface area contributed by atoms with E-state index < -0.39 is 0 Å². The van der Waals surface area contributed by atoms with Crippen LogP contribution in [0, 0.1) is 0 Å². The highest BCUT2D eigenvalue weighted by atomic mass is 35.5. The first kappa shape index (κ1) is 14.5. The number of ether oxygens (including phenoxy) is 1. The first-order chi connectivity index (χ1) is 8.13. The van der Waals surface area contributed by atoms with E-state index in [1.54, 1.807) is 0 Å². The molecule has 1 atom stereocenters. The van der Waals surface area contributed by atoms with Crippen LogP contribution in [0.1, 0.15) is 26.3 Å². The molecule has 0 bridgehead atoms. The third-order valence-corrected chi connectivity index (χ3v) is 2.92.